The van der Waals surface area contributed by atoms with Gasteiger partial charge in [0, 0.05) is 29.9 Å². The van der Waals surface area contributed by atoms with Gasteiger partial charge in [-0.15, -0.1) is 0 Å². The fraction of sp³-hybridized carbons (Fsp3) is 0.238. The number of carbonyl (C=O) groups excluding carboxylic acids is 1. The fourth-order valence-electron chi connectivity index (χ4n) is 2.68. The molecule has 1 amide bonds. The van der Waals surface area contributed by atoms with E-state index < -0.39 is 0 Å². The minimum Gasteiger partial charge on any atom is -0.489 e. The van der Waals surface area contributed by atoms with Gasteiger partial charge in [-0.05, 0) is 49.2 Å². The number of halogens is 2. The largest absolute Gasteiger partial charge is 0.489 e. The standard InChI is InChI=1S/C21H21Cl2N3O2/c1-15-20(23)13-26(25-15)10-4-9-24-21(27)17-6-2-5-16(11-17)14-28-19-8-3-7-18(22)12-19/h2-3,5-8,11-13H,4,9-10,14H2,1H3,(H,24,27). The second-order valence-electron chi connectivity index (χ2n) is 6.38. The third kappa shape index (κ3) is 5.75. The fourth-order valence-corrected chi connectivity index (χ4v) is 3.01. The van der Waals surface area contributed by atoms with E-state index in [1.54, 1.807) is 29.1 Å². The van der Waals surface area contributed by atoms with Crippen LogP contribution in [0.2, 0.25) is 10.0 Å². The van der Waals surface area contributed by atoms with Crippen LogP contribution in [0.4, 0.5) is 0 Å². The number of amides is 1. The highest BCUT2D eigenvalue weighted by atomic mass is 35.5. The summed E-state index contributed by atoms with van der Waals surface area (Å²) in [6, 6.07) is 14.6. The van der Waals surface area contributed by atoms with E-state index in [0.29, 0.717) is 41.1 Å². The van der Waals surface area contributed by atoms with Crippen LogP contribution in [0.25, 0.3) is 0 Å². The highest BCUT2D eigenvalue weighted by Gasteiger charge is 2.07. The Bertz CT molecular complexity index is 937. The molecule has 0 unspecified atom stereocenters. The van der Waals surface area contributed by atoms with E-state index in [2.05, 4.69) is 10.4 Å². The maximum Gasteiger partial charge on any atom is 0.251 e. The molecule has 0 saturated heterocycles. The van der Waals surface area contributed by atoms with Crippen LogP contribution in [-0.2, 0) is 13.2 Å². The molecule has 0 radical (unpaired) electrons. The maximum atomic E-state index is 12.4. The van der Waals surface area contributed by atoms with Crippen molar-refractivity contribution in [1.82, 2.24) is 15.1 Å². The zero-order chi connectivity index (χ0) is 19.9. The van der Waals surface area contributed by atoms with Crippen molar-refractivity contribution in [3.05, 3.63) is 81.6 Å². The van der Waals surface area contributed by atoms with Crippen LogP contribution in [-0.4, -0.2) is 22.2 Å². The van der Waals surface area contributed by atoms with E-state index >= 15 is 0 Å². The predicted octanol–water partition coefficient (Wildman–Crippen LogP) is 4.90. The van der Waals surface area contributed by atoms with Gasteiger partial charge in [0.2, 0.25) is 0 Å². The van der Waals surface area contributed by atoms with Crippen molar-refractivity contribution in [2.24, 2.45) is 0 Å². The Morgan fingerprint density at radius 1 is 1.18 bits per heavy atom. The van der Waals surface area contributed by atoms with Crippen molar-refractivity contribution in [2.75, 3.05) is 6.54 Å². The Morgan fingerprint density at radius 3 is 2.75 bits per heavy atom. The Kier molecular flexibility index (Phi) is 6.95. The number of nitrogens with one attached hydrogen (secondary N) is 1. The van der Waals surface area contributed by atoms with E-state index in [4.69, 9.17) is 27.9 Å². The number of benzene rings is 2. The van der Waals surface area contributed by atoms with E-state index in [1.807, 2.05) is 37.3 Å². The molecule has 0 bridgehead atoms. The number of hydrogen-bond acceptors (Lipinski definition) is 3. The second-order valence-corrected chi connectivity index (χ2v) is 7.23. The zero-order valence-electron chi connectivity index (χ0n) is 15.5. The second kappa shape index (κ2) is 9.62. The van der Waals surface area contributed by atoms with Crippen LogP contribution in [0, 0.1) is 6.92 Å². The summed E-state index contributed by atoms with van der Waals surface area (Å²) in [6.45, 7) is 3.48. The van der Waals surface area contributed by atoms with E-state index in [0.717, 1.165) is 17.7 Å². The molecule has 5 nitrogen and oxygen atoms in total. The van der Waals surface area contributed by atoms with Crippen LogP contribution < -0.4 is 10.1 Å². The van der Waals surface area contributed by atoms with Crippen LogP contribution in [0.1, 0.15) is 28.0 Å². The normalized spacial score (nSPS) is 10.7. The number of aryl methyl sites for hydroxylation is 2. The van der Waals surface area contributed by atoms with Crippen molar-refractivity contribution in [3.63, 3.8) is 0 Å². The molecule has 0 atom stereocenters. The molecule has 3 rings (SSSR count). The van der Waals surface area contributed by atoms with Gasteiger partial charge in [0.25, 0.3) is 5.91 Å². The zero-order valence-corrected chi connectivity index (χ0v) is 17.0. The average Bonchev–Trinajstić information content (AvgIpc) is 3.01. The third-order valence-electron chi connectivity index (χ3n) is 4.13. The Balaban J connectivity index is 1.47. The monoisotopic (exact) mass is 417 g/mol. The quantitative estimate of drug-likeness (QED) is 0.530. The van der Waals surface area contributed by atoms with Gasteiger partial charge in [0.05, 0.1) is 10.7 Å². The molecular formula is C21H21Cl2N3O2. The molecular weight excluding hydrogens is 397 g/mol. The summed E-state index contributed by atoms with van der Waals surface area (Å²) in [5.41, 5.74) is 2.32. The summed E-state index contributed by atoms with van der Waals surface area (Å²) in [7, 11) is 0. The lowest BCUT2D eigenvalue weighted by Gasteiger charge is -2.09. The molecule has 0 aliphatic carbocycles. The molecule has 1 aromatic heterocycles. The van der Waals surface area contributed by atoms with Crippen molar-refractivity contribution < 1.29 is 9.53 Å². The Labute approximate surface area is 174 Å². The van der Waals surface area contributed by atoms with Crippen molar-refractivity contribution in [2.45, 2.75) is 26.5 Å². The van der Waals surface area contributed by atoms with E-state index in [-0.39, 0.29) is 5.91 Å². The molecule has 2 aromatic carbocycles. The van der Waals surface area contributed by atoms with Crippen LogP contribution in [0.3, 0.4) is 0 Å². The molecule has 1 N–H and O–H groups in total. The molecule has 7 heteroatoms. The lowest BCUT2D eigenvalue weighted by molar-refractivity contribution is 0.0952. The van der Waals surface area contributed by atoms with Gasteiger partial charge >= 0.3 is 0 Å². The lowest BCUT2D eigenvalue weighted by Crippen LogP contribution is -2.25. The van der Waals surface area contributed by atoms with Crippen LogP contribution in [0.15, 0.2) is 54.7 Å². The first-order valence-corrected chi connectivity index (χ1v) is 9.72. The smallest absolute Gasteiger partial charge is 0.251 e. The molecule has 0 spiro atoms. The summed E-state index contributed by atoms with van der Waals surface area (Å²) in [5, 5.41) is 8.50. The minimum atomic E-state index is -0.112. The van der Waals surface area contributed by atoms with Gasteiger partial charge in [-0.2, -0.15) is 5.10 Å². The van der Waals surface area contributed by atoms with E-state index in [9.17, 15) is 4.79 Å². The van der Waals surface area contributed by atoms with Gasteiger partial charge in [0.1, 0.15) is 12.4 Å². The first-order chi connectivity index (χ1) is 13.5. The lowest BCUT2D eigenvalue weighted by atomic mass is 10.1. The SMILES string of the molecule is Cc1nn(CCCNC(=O)c2cccc(COc3cccc(Cl)c3)c2)cc1Cl. The molecule has 0 aliphatic rings. The van der Waals surface area contributed by atoms with Crippen LogP contribution in [0.5, 0.6) is 5.75 Å². The molecule has 0 saturated carbocycles. The number of aromatic nitrogens is 2. The van der Waals surface area contributed by atoms with Gasteiger partial charge in [-0.3, -0.25) is 9.48 Å². The number of carbonyl (C=O) groups is 1. The summed E-state index contributed by atoms with van der Waals surface area (Å²) >= 11 is 11.9. The summed E-state index contributed by atoms with van der Waals surface area (Å²) in [5.74, 6) is 0.579. The van der Waals surface area contributed by atoms with Gasteiger partial charge in [0.15, 0.2) is 0 Å². The first kappa shape index (κ1) is 20.2. The highest BCUT2D eigenvalue weighted by molar-refractivity contribution is 6.31. The van der Waals surface area contributed by atoms with E-state index in [1.165, 1.54) is 0 Å². The topological polar surface area (TPSA) is 56.2 Å². The Hall–Kier alpha value is -2.50. The number of rotatable bonds is 8. The average molecular weight is 418 g/mol. The number of ether oxygens (including phenoxy) is 1. The van der Waals surface area contributed by atoms with Crippen molar-refractivity contribution >= 4 is 29.1 Å². The Morgan fingerprint density at radius 2 is 2.00 bits per heavy atom. The van der Waals surface area contributed by atoms with Gasteiger partial charge < -0.3 is 10.1 Å². The molecule has 146 valence electrons. The number of hydrogen-bond donors (Lipinski definition) is 1. The van der Waals surface area contributed by atoms with Gasteiger partial charge in [-0.1, -0.05) is 41.4 Å². The number of nitrogens with zero attached hydrogens (tertiary/aromatic N) is 2. The molecule has 0 fully saturated rings. The predicted molar refractivity (Wildman–Crippen MR) is 111 cm³/mol. The minimum absolute atomic E-state index is 0.112. The maximum absolute atomic E-state index is 12.4. The third-order valence-corrected chi connectivity index (χ3v) is 4.73. The van der Waals surface area contributed by atoms with Crippen molar-refractivity contribution in [1.29, 1.82) is 0 Å². The van der Waals surface area contributed by atoms with Gasteiger partial charge in [-0.25, -0.2) is 0 Å². The first-order valence-electron chi connectivity index (χ1n) is 8.96. The highest BCUT2D eigenvalue weighted by Crippen LogP contribution is 2.18. The summed E-state index contributed by atoms with van der Waals surface area (Å²) in [4.78, 5) is 12.4. The molecule has 0 aliphatic heterocycles. The molecule has 28 heavy (non-hydrogen) atoms. The summed E-state index contributed by atoms with van der Waals surface area (Å²) < 4.78 is 7.52. The molecule has 1 heterocycles. The van der Waals surface area contributed by atoms with Crippen molar-refractivity contribution in [3.8, 4) is 5.75 Å². The van der Waals surface area contributed by atoms with Crippen LogP contribution >= 0.6 is 23.2 Å². The summed E-state index contributed by atoms with van der Waals surface area (Å²) in [6.07, 6.45) is 2.56. The molecule has 3 aromatic rings.